The minimum absolute atomic E-state index is 0.0852. The predicted octanol–water partition coefficient (Wildman–Crippen LogP) is -0.244. The molecule has 0 rings (SSSR count). The average molecular weight is 277 g/mol. The third-order valence-electron chi connectivity index (χ3n) is 1.96. The van der Waals surface area contributed by atoms with Gasteiger partial charge in [0.25, 0.3) is 0 Å². The highest BCUT2D eigenvalue weighted by molar-refractivity contribution is 7.99. The standard InChI is InChI=1S/C10H19N3O4S/c1-3-18-5-6(2)12-10(17)13-7(9(15)16)4-8(11)14/h6-7H,3-5H2,1-2H3,(H2,11,14)(H,15,16)(H2,12,13,17). The van der Waals surface area contributed by atoms with Gasteiger partial charge >= 0.3 is 12.0 Å². The maximum atomic E-state index is 11.5. The van der Waals surface area contributed by atoms with Gasteiger partial charge in [-0.25, -0.2) is 9.59 Å². The molecule has 0 aromatic rings. The zero-order chi connectivity index (χ0) is 14.1. The summed E-state index contributed by atoms with van der Waals surface area (Å²) in [7, 11) is 0. The highest BCUT2D eigenvalue weighted by Crippen LogP contribution is 2.01. The summed E-state index contributed by atoms with van der Waals surface area (Å²) in [6.45, 7) is 3.82. The number of hydrogen-bond donors (Lipinski definition) is 4. The number of nitrogens with one attached hydrogen (secondary N) is 2. The van der Waals surface area contributed by atoms with E-state index in [9.17, 15) is 14.4 Å². The van der Waals surface area contributed by atoms with E-state index >= 15 is 0 Å². The van der Waals surface area contributed by atoms with E-state index in [1.54, 1.807) is 11.8 Å². The lowest BCUT2D eigenvalue weighted by molar-refractivity contribution is -0.140. The number of primary amides is 1. The van der Waals surface area contributed by atoms with Crippen molar-refractivity contribution in [3.8, 4) is 0 Å². The number of carbonyl (C=O) groups is 3. The van der Waals surface area contributed by atoms with Gasteiger partial charge in [0.15, 0.2) is 0 Å². The quantitative estimate of drug-likeness (QED) is 0.487. The van der Waals surface area contributed by atoms with Crippen LogP contribution in [-0.2, 0) is 9.59 Å². The van der Waals surface area contributed by atoms with Crippen molar-refractivity contribution in [3.05, 3.63) is 0 Å². The third-order valence-corrected chi connectivity index (χ3v) is 3.10. The summed E-state index contributed by atoms with van der Waals surface area (Å²) in [6, 6.07) is -2.00. The van der Waals surface area contributed by atoms with Crippen LogP contribution in [0, 0.1) is 0 Å². The van der Waals surface area contributed by atoms with E-state index in [1.165, 1.54) is 0 Å². The van der Waals surface area contributed by atoms with Gasteiger partial charge < -0.3 is 21.5 Å². The first-order chi connectivity index (χ1) is 8.36. The zero-order valence-electron chi connectivity index (χ0n) is 10.4. The monoisotopic (exact) mass is 277 g/mol. The lowest BCUT2D eigenvalue weighted by Crippen LogP contribution is -2.50. The first-order valence-electron chi connectivity index (χ1n) is 5.52. The predicted molar refractivity (Wildman–Crippen MR) is 69.4 cm³/mol. The number of urea groups is 1. The van der Waals surface area contributed by atoms with Gasteiger partial charge in [-0.1, -0.05) is 6.92 Å². The Kier molecular flexibility index (Phi) is 7.93. The Hall–Kier alpha value is -1.44. The number of rotatable bonds is 8. The molecule has 0 fully saturated rings. The summed E-state index contributed by atoms with van der Waals surface area (Å²) < 4.78 is 0. The second-order valence-corrected chi connectivity index (χ2v) is 5.06. The number of carbonyl (C=O) groups excluding carboxylic acids is 2. The zero-order valence-corrected chi connectivity index (χ0v) is 11.3. The molecule has 5 N–H and O–H groups in total. The molecule has 104 valence electrons. The molecule has 18 heavy (non-hydrogen) atoms. The van der Waals surface area contributed by atoms with Gasteiger partial charge in [-0.2, -0.15) is 11.8 Å². The Balaban J connectivity index is 4.17. The Bertz CT molecular complexity index is 311. The number of nitrogens with two attached hydrogens (primary N) is 1. The maximum absolute atomic E-state index is 11.5. The highest BCUT2D eigenvalue weighted by atomic mass is 32.2. The van der Waals surface area contributed by atoms with Gasteiger partial charge in [-0.05, 0) is 12.7 Å². The largest absolute Gasteiger partial charge is 0.480 e. The van der Waals surface area contributed by atoms with Crippen molar-refractivity contribution in [1.29, 1.82) is 0 Å². The van der Waals surface area contributed by atoms with Crippen LogP contribution in [0.3, 0.4) is 0 Å². The van der Waals surface area contributed by atoms with E-state index in [0.29, 0.717) is 0 Å². The van der Waals surface area contributed by atoms with Crippen LogP contribution in [0.25, 0.3) is 0 Å². The van der Waals surface area contributed by atoms with E-state index in [0.717, 1.165) is 11.5 Å². The number of carboxylic acids is 1. The van der Waals surface area contributed by atoms with Gasteiger partial charge in [0.2, 0.25) is 5.91 Å². The summed E-state index contributed by atoms with van der Waals surface area (Å²) in [4.78, 5) is 32.9. The van der Waals surface area contributed by atoms with Crippen LogP contribution in [0.2, 0.25) is 0 Å². The normalized spacial score (nSPS) is 13.4. The summed E-state index contributed by atoms with van der Waals surface area (Å²) in [5.41, 5.74) is 4.90. The van der Waals surface area contributed by atoms with E-state index in [2.05, 4.69) is 10.6 Å². The lowest BCUT2D eigenvalue weighted by atomic mass is 10.2. The fourth-order valence-electron chi connectivity index (χ4n) is 1.16. The van der Waals surface area contributed by atoms with Gasteiger partial charge in [0.1, 0.15) is 6.04 Å². The minimum Gasteiger partial charge on any atom is -0.480 e. The molecule has 2 unspecified atom stereocenters. The molecule has 0 saturated carbocycles. The van der Waals surface area contributed by atoms with Crippen LogP contribution in [0.1, 0.15) is 20.3 Å². The van der Waals surface area contributed by atoms with Crippen LogP contribution in [0.4, 0.5) is 4.79 Å². The van der Waals surface area contributed by atoms with Crippen molar-refractivity contribution in [2.45, 2.75) is 32.4 Å². The van der Waals surface area contributed by atoms with Crippen LogP contribution in [0.15, 0.2) is 0 Å². The van der Waals surface area contributed by atoms with Crippen LogP contribution >= 0.6 is 11.8 Å². The van der Waals surface area contributed by atoms with Crippen LogP contribution in [-0.4, -0.2) is 46.6 Å². The molecule has 0 heterocycles. The molecule has 0 radical (unpaired) electrons. The number of hydrogen-bond acceptors (Lipinski definition) is 4. The molecular weight excluding hydrogens is 258 g/mol. The Labute approximate surface area is 110 Å². The number of aliphatic carboxylic acids is 1. The summed E-state index contributed by atoms with van der Waals surface area (Å²) in [6.07, 6.45) is -0.430. The summed E-state index contributed by atoms with van der Waals surface area (Å²) in [5, 5.41) is 13.6. The van der Waals surface area contributed by atoms with Gasteiger partial charge in [0.05, 0.1) is 6.42 Å². The van der Waals surface area contributed by atoms with E-state index in [1.807, 2.05) is 13.8 Å². The molecule has 0 bridgehead atoms. The molecule has 3 amide bonds. The second kappa shape index (κ2) is 8.62. The summed E-state index contributed by atoms with van der Waals surface area (Å²) >= 11 is 1.66. The molecule has 0 saturated heterocycles. The van der Waals surface area contributed by atoms with Crippen molar-refractivity contribution >= 4 is 29.7 Å². The maximum Gasteiger partial charge on any atom is 0.326 e. The number of amides is 3. The second-order valence-electron chi connectivity index (χ2n) is 3.74. The molecule has 0 aliphatic carbocycles. The molecule has 0 aromatic carbocycles. The molecule has 7 nitrogen and oxygen atoms in total. The molecule has 0 aliphatic heterocycles. The molecular formula is C10H19N3O4S. The van der Waals surface area contributed by atoms with Crippen molar-refractivity contribution in [3.63, 3.8) is 0 Å². The molecule has 0 aromatic heterocycles. The lowest BCUT2D eigenvalue weighted by Gasteiger charge is -2.17. The van der Waals surface area contributed by atoms with Crippen molar-refractivity contribution in [1.82, 2.24) is 10.6 Å². The van der Waals surface area contributed by atoms with Crippen LogP contribution in [0.5, 0.6) is 0 Å². The smallest absolute Gasteiger partial charge is 0.326 e. The first-order valence-corrected chi connectivity index (χ1v) is 6.68. The Morgan fingerprint density at radius 3 is 2.39 bits per heavy atom. The molecule has 0 spiro atoms. The SMILES string of the molecule is CCSCC(C)NC(=O)NC(CC(N)=O)C(=O)O. The van der Waals surface area contributed by atoms with E-state index in [4.69, 9.17) is 10.8 Å². The molecule has 2 atom stereocenters. The van der Waals surface area contributed by atoms with E-state index < -0.39 is 30.4 Å². The van der Waals surface area contributed by atoms with Crippen molar-refractivity contribution in [2.75, 3.05) is 11.5 Å². The van der Waals surface area contributed by atoms with E-state index in [-0.39, 0.29) is 6.04 Å². The summed E-state index contributed by atoms with van der Waals surface area (Å²) in [5.74, 6) is -0.401. The third kappa shape index (κ3) is 7.77. The van der Waals surface area contributed by atoms with Crippen molar-refractivity contribution < 1.29 is 19.5 Å². The van der Waals surface area contributed by atoms with Crippen LogP contribution < -0.4 is 16.4 Å². The molecule has 0 aliphatic rings. The van der Waals surface area contributed by atoms with Gasteiger partial charge in [-0.15, -0.1) is 0 Å². The fourth-order valence-corrected chi connectivity index (χ4v) is 1.83. The number of thioether (sulfide) groups is 1. The average Bonchev–Trinajstić information content (AvgIpc) is 2.24. The Morgan fingerprint density at radius 1 is 1.33 bits per heavy atom. The number of carboxylic acid groups (broad SMARTS) is 1. The fraction of sp³-hybridized carbons (Fsp3) is 0.700. The first kappa shape index (κ1) is 16.6. The van der Waals surface area contributed by atoms with Gasteiger partial charge in [0, 0.05) is 11.8 Å². The molecule has 8 heteroatoms. The minimum atomic E-state index is -1.30. The van der Waals surface area contributed by atoms with Gasteiger partial charge in [-0.3, -0.25) is 4.79 Å². The highest BCUT2D eigenvalue weighted by Gasteiger charge is 2.22. The topological polar surface area (TPSA) is 122 Å². The van der Waals surface area contributed by atoms with Crippen molar-refractivity contribution in [2.24, 2.45) is 5.73 Å². The Morgan fingerprint density at radius 2 is 1.94 bits per heavy atom.